The Morgan fingerprint density at radius 1 is 0.950 bits per heavy atom. The maximum atomic E-state index is 12.9. The number of benzene rings is 1. The lowest BCUT2D eigenvalue weighted by Gasteiger charge is -2.02. The number of aromatic nitrogens is 3. The molecule has 3 nitrogen and oxygen atoms in total. The molecule has 0 amide bonds. The number of pyridine rings is 2. The summed E-state index contributed by atoms with van der Waals surface area (Å²) in [4.78, 5) is 8.27. The number of imidazole rings is 1. The van der Waals surface area contributed by atoms with Crippen molar-refractivity contribution in [1.29, 1.82) is 0 Å². The lowest BCUT2D eigenvalue weighted by atomic mass is 10.1. The van der Waals surface area contributed by atoms with Crippen molar-refractivity contribution in [3.63, 3.8) is 0 Å². The number of hydrogen-bond donors (Lipinski definition) is 0. The van der Waals surface area contributed by atoms with Crippen LogP contribution in [-0.4, -0.2) is 14.4 Å². The number of halogens is 1. The van der Waals surface area contributed by atoms with Gasteiger partial charge in [0.25, 0.3) is 0 Å². The predicted octanol–water partition coefficient (Wildman–Crippen LogP) is 3.69. The van der Waals surface area contributed by atoms with Crippen molar-refractivity contribution in [2.75, 3.05) is 0 Å². The van der Waals surface area contributed by atoms with E-state index in [-0.39, 0.29) is 0 Å². The second-order valence-corrected chi connectivity index (χ2v) is 4.61. The number of hydrogen-bond acceptors (Lipinski definition) is 2. The molecule has 3 aromatic heterocycles. The van der Waals surface area contributed by atoms with Crippen LogP contribution in [0.3, 0.4) is 0 Å². The Balaban J connectivity index is 1.94. The van der Waals surface area contributed by atoms with Crippen molar-refractivity contribution >= 4 is 16.7 Å². The Bertz CT molecular complexity index is 910. The quantitative estimate of drug-likeness (QED) is 0.490. The monoisotopic (exact) mass is 263 g/mol. The topological polar surface area (TPSA) is 30.2 Å². The van der Waals surface area contributed by atoms with E-state index in [1.165, 1.54) is 12.3 Å². The minimum atomic E-state index is -0.471. The van der Waals surface area contributed by atoms with Crippen LogP contribution in [0.2, 0.25) is 0 Å². The molecule has 96 valence electrons. The molecule has 4 heteroatoms. The van der Waals surface area contributed by atoms with Crippen molar-refractivity contribution in [2.45, 2.75) is 0 Å². The van der Waals surface area contributed by atoms with Crippen LogP contribution in [0.25, 0.3) is 27.8 Å². The van der Waals surface area contributed by atoms with Crippen LogP contribution in [0.5, 0.6) is 0 Å². The molecule has 0 spiro atoms. The van der Waals surface area contributed by atoms with Gasteiger partial charge in [-0.25, -0.2) is 9.97 Å². The van der Waals surface area contributed by atoms with Crippen molar-refractivity contribution in [2.24, 2.45) is 0 Å². The zero-order valence-electron chi connectivity index (χ0n) is 10.5. The van der Waals surface area contributed by atoms with Crippen LogP contribution >= 0.6 is 0 Å². The second kappa shape index (κ2) is 4.13. The van der Waals surface area contributed by atoms with Gasteiger partial charge >= 0.3 is 0 Å². The van der Waals surface area contributed by atoms with Crippen LogP contribution < -0.4 is 0 Å². The molecule has 0 saturated carbocycles. The van der Waals surface area contributed by atoms with E-state index in [9.17, 15) is 4.39 Å². The first-order valence-corrected chi connectivity index (χ1v) is 6.30. The van der Waals surface area contributed by atoms with Gasteiger partial charge in [-0.05, 0) is 42.0 Å². The summed E-state index contributed by atoms with van der Waals surface area (Å²) in [6.45, 7) is 0. The molecule has 0 aliphatic heterocycles. The van der Waals surface area contributed by atoms with E-state index in [4.69, 9.17) is 0 Å². The fourth-order valence-electron chi connectivity index (χ4n) is 2.39. The largest absolute Gasteiger partial charge is 0.300 e. The zero-order chi connectivity index (χ0) is 13.5. The van der Waals surface area contributed by atoms with Gasteiger partial charge in [-0.3, -0.25) is 4.40 Å². The fourth-order valence-corrected chi connectivity index (χ4v) is 2.39. The van der Waals surface area contributed by atoms with E-state index in [0.29, 0.717) is 0 Å². The Morgan fingerprint density at radius 2 is 1.85 bits per heavy atom. The first-order valence-electron chi connectivity index (χ1n) is 6.30. The van der Waals surface area contributed by atoms with E-state index >= 15 is 0 Å². The van der Waals surface area contributed by atoms with Crippen molar-refractivity contribution < 1.29 is 4.39 Å². The summed E-state index contributed by atoms with van der Waals surface area (Å²) in [5, 5.41) is 0. The summed E-state index contributed by atoms with van der Waals surface area (Å²) < 4.78 is 14.9. The third-order valence-corrected chi connectivity index (χ3v) is 3.37. The van der Waals surface area contributed by atoms with Gasteiger partial charge in [0.2, 0.25) is 5.95 Å². The molecule has 0 unspecified atom stereocenters. The van der Waals surface area contributed by atoms with Gasteiger partial charge in [0.05, 0.1) is 11.0 Å². The number of fused-ring (bicyclic) bond motifs is 3. The Morgan fingerprint density at radius 3 is 2.70 bits per heavy atom. The average molecular weight is 263 g/mol. The SMILES string of the molecule is Fc1ccc(-c2ccn3c(c2)nc2ccccc23)cn1. The summed E-state index contributed by atoms with van der Waals surface area (Å²) in [7, 11) is 0. The lowest BCUT2D eigenvalue weighted by molar-refractivity contribution is 0.584. The molecule has 0 radical (unpaired) electrons. The van der Waals surface area contributed by atoms with E-state index < -0.39 is 5.95 Å². The first kappa shape index (κ1) is 11.1. The van der Waals surface area contributed by atoms with E-state index in [0.717, 1.165) is 27.8 Å². The van der Waals surface area contributed by atoms with Crippen LogP contribution in [0.1, 0.15) is 0 Å². The third kappa shape index (κ3) is 1.66. The summed E-state index contributed by atoms with van der Waals surface area (Å²) >= 11 is 0. The predicted molar refractivity (Wildman–Crippen MR) is 75.9 cm³/mol. The van der Waals surface area contributed by atoms with E-state index in [1.54, 1.807) is 6.07 Å². The minimum Gasteiger partial charge on any atom is -0.300 e. The van der Waals surface area contributed by atoms with Gasteiger partial charge in [0.15, 0.2) is 0 Å². The molecule has 20 heavy (non-hydrogen) atoms. The third-order valence-electron chi connectivity index (χ3n) is 3.37. The summed E-state index contributed by atoms with van der Waals surface area (Å²) in [5.74, 6) is -0.471. The fraction of sp³-hybridized carbons (Fsp3) is 0. The Hall–Kier alpha value is -2.75. The van der Waals surface area contributed by atoms with Gasteiger partial charge < -0.3 is 0 Å². The highest BCUT2D eigenvalue weighted by atomic mass is 19.1. The number of nitrogens with zero attached hydrogens (tertiary/aromatic N) is 3. The molecule has 0 aliphatic carbocycles. The molecule has 0 aliphatic rings. The number of rotatable bonds is 1. The smallest absolute Gasteiger partial charge is 0.212 e. The molecule has 4 rings (SSSR count). The lowest BCUT2D eigenvalue weighted by Crippen LogP contribution is -1.87. The normalized spacial score (nSPS) is 11.2. The van der Waals surface area contributed by atoms with Crippen LogP contribution in [0, 0.1) is 5.95 Å². The van der Waals surface area contributed by atoms with Crippen LogP contribution in [0.4, 0.5) is 4.39 Å². The van der Waals surface area contributed by atoms with Crippen LogP contribution in [-0.2, 0) is 0 Å². The summed E-state index contributed by atoms with van der Waals surface area (Å²) in [5.41, 5.74) is 4.75. The summed E-state index contributed by atoms with van der Waals surface area (Å²) in [6.07, 6.45) is 3.51. The molecule has 0 fully saturated rings. The highest BCUT2D eigenvalue weighted by molar-refractivity contribution is 5.82. The van der Waals surface area contributed by atoms with Crippen molar-refractivity contribution in [3.05, 3.63) is 66.9 Å². The van der Waals surface area contributed by atoms with Crippen molar-refractivity contribution in [1.82, 2.24) is 14.4 Å². The molecule has 0 bridgehead atoms. The molecule has 1 aromatic carbocycles. The molecule has 0 N–H and O–H groups in total. The zero-order valence-corrected chi connectivity index (χ0v) is 10.5. The van der Waals surface area contributed by atoms with Gasteiger partial charge in [-0.2, -0.15) is 4.39 Å². The standard InChI is InChI=1S/C16H10FN3/c17-15-6-5-12(10-18-15)11-7-8-20-14-4-2-1-3-13(14)19-16(20)9-11/h1-10H. The maximum absolute atomic E-state index is 12.9. The first-order chi connectivity index (χ1) is 9.81. The van der Waals surface area contributed by atoms with Gasteiger partial charge in [-0.15, -0.1) is 0 Å². The van der Waals surface area contributed by atoms with Gasteiger partial charge in [-0.1, -0.05) is 12.1 Å². The summed E-state index contributed by atoms with van der Waals surface area (Å²) in [6, 6.07) is 15.0. The molecule has 0 atom stereocenters. The van der Waals surface area contributed by atoms with Crippen LogP contribution in [0.15, 0.2) is 60.9 Å². The Kier molecular flexibility index (Phi) is 2.29. The van der Waals surface area contributed by atoms with E-state index in [2.05, 4.69) is 9.97 Å². The highest BCUT2D eigenvalue weighted by Crippen LogP contribution is 2.23. The molecule has 0 saturated heterocycles. The molecule has 3 heterocycles. The minimum absolute atomic E-state index is 0.471. The van der Waals surface area contributed by atoms with Crippen molar-refractivity contribution in [3.8, 4) is 11.1 Å². The molecule has 4 aromatic rings. The van der Waals surface area contributed by atoms with E-state index in [1.807, 2.05) is 47.0 Å². The second-order valence-electron chi connectivity index (χ2n) is 4.61. The molecular weight excluding hydrogens is 253 g/mol. The maximum Gasteiger partial charge on any atom is 0.212 e. The van der Waals surface area contributed by atoms with Gasteiger partial charge in [0, 0.05) is 18.0 Å². The highest BCUT2D eigenvalue weighted by Gasteiger charge is 2.05. The number of para-hydroxylation sites is 2. The van der Waals surface area contributed by atoms with Gasteiger partial charge in [0.1, 0.15) is 5.65 Å². The molecular formula is C16H10FN3. The average Bonchev–Trinajstić information content (AvgIpc) is 2.85. The Labute approximate surface area is 114 Å².